The molecule has 2 aliphatic heterocycles. The maximum atomic E-state index is 11.8. The highest BCUT2D eigenvalue weighted by Crippen LogP contribution is 2.52. The number of carboxylic acids is 2. The fourth-order valence-electron chi connectivity index (χ4n) is 4.37. The lowest BCUT2D eigenvalue weighted by Gasteiger charge is -2.51. The topological polar surface area (TPSA) is 93.1 Å². The molecular formula is C21H28O6. The molecule has 27 heavy (non-hydrogen) atoms. The Morgan fingerprint density at radius 2 is 1.96 bits per heavy atom. The molecule has 1 fully saturated rings. The van der Waals surface area contributed by atoms with Gasteiger partial charge >= 0.3 is 11.9 Å². The molecule has 6 nitrogen and oxygen atoms in total. The van der Waals surface area contributed by atoms with Gasteiger partial charge in [-0.3, -0.25) is 9.59 Å². The predicted molar refractivity (Wildman–Crippen MR) is 98.8 cm³/mol. The summed E-state index contributed by atoms with van der Waals surface area (Å²) < 4.78 is 12.6. The normalized spacial score (nSPS) is 28.8. The number of aliphatic carboxylic acids is 2. The van der Waals surface area contributed by atoms with E-state index in [0.717, 1.165) is 16.9 Å². The second-order valence-electron chi connectivity index (χ2n) is 8.52. The first kappa shape index (κ1) is 19.7. The van der Waals surface area contributed by atoms with E-state index in [-0.39, 0.29) is 30.5 Å². The summed E-state index contributed by atoms with van der Waals surface area (Å²) >= 11 is 0. The van der Waals surface area contributed by atoms with E-state index >= 15 is 0 Å². The minimum absolute atomic E-state index is 0.0653. The van der Waals surface area contributed by atoms with Crippen LogP contribution in [0.15, 0.2) is 18.2 Å². The first-order chi connectivity index (χ1) is 12.6. The Balaban J connectivity index is 1.98. The lowest BCUT2D eigenvalue weighted by Crippen LogP contribution is -2.53. The molecule has 1 aromatic carbocycles. The summed E-state index contributed by atoms with van der Waals surface area (Å²) in [6, 6.07) is 5.73. The minimum Gasteiger partial charge on any atom is -0.487 e. The van der Waals surface area contributed by atoms with E-state index in [0.29, 0.717) is 12.8 Å². The van der Waals surface area contributed by atoms with Gasteiger partial charge in [0.1, 0.15) is 11.4 Å². The predicted octanol–water partition coefficient (Wildman–Crippen LogP) is 3.68. The second-order valence-corrected chi connectivity index (χ2v) is 8.52. The largest absolute Gasteiger partial charge is 0.487 e. The fourth-order valence-corrected chi connectivity index (χ4v) is 4.37. The molecule has 0 unspecified atom stereocenters. The fraction of sp³-hybridized carbons (Fsp3) is 0.619. The average molecular weight is 376 g/mol. The molecule has 0 bridgehead atoms. The Kier molecular flexibility index (Phi) is 5.21. The van der Waals surface area contributed by atoms with Crippen molar-refractivity contribution in [2.75, 3.05) is 0 Å². The second kappa shape index (κ2) is 7.15. The van der Waals surface area contributed by atoms with E-state index in [1.807, 2.05) is 45.9 Å². The molecule has 4 atom stereocenters. The molecule has 3 rings (SSSR count). The van der Waals surface area contributed by atoms with Crippen molar-refractivity contribution in [3.63, 3.8) is 0 Å². The number of aryl methyl sites for hydroxylation is 1. The zero-order valence-corrected chi connectivity index (χ0v) is 16.3. The van der Waals surface area contributed by atoms with Crippen LogP contribution >= 0.6 is 0 Å². The molecule has 2 aliphatic rings. The van der Waals surface area contributed by atoms with Crippen molar-refractivity contribution in [3.8, 4) is 5.75 Å². The van der Waals surface area contributed by atoms with Gasteiger partial charge in [-0.15, -0.1) is 0 Å². The van der Waals surface area contributed by atoms with Gasteiger partial charge in [0.25, 0.3) is 0 Å². The highest BCUT2D eigenvalue weighted by atomic mass is 16.5. The summed E-state index contributed by atoms with van der Waals surface area (Å²) in [5.41, 5.74) is 1.27. The molecule has 2 heterocycles. The van der Waals surface area contributed by atoms with E-state index in [9.17, 15) is 14.7 Å². The van der Waals surface area contributed by atoms with E-state index in [1.54, 1.807) is 0 Å². The standard InChI is InChI=1S/C21H28O6/c1-11(2)18-14(20(24)25)10-15-19(26-18)13-9-12(6-8-17(22)23)5-7-16(13)27-21(15,3)4/h5,7,9,11,14-15,18-19H,6,8,10H2,1-4H3,(H,22,23)(H,24,25)/t14-,15+,18+,19-/m0/s1. The summed E-state index contributed by atoms with van der Waals surface area (Å²) in [5.74, 6) is -1.50. The van der Waals surface area contributed by atoms with Gasteiger partial charge in [-0.25, -0.2) is 0 Å². The molecule has 0 amide bonds. The van der Waals surface area contributed by atoms with Gasteiger partial charge in [-0.2, -0.15) is 0 Å². The Morgan fingerprint density at radius 3 is 2.56 bits per heavy atom. The van der Waals surface area contributed by atoms with Crippen LogP contribution in [-0.2, 0) is 20.7 Å². The van der Waals surface area contributed by atoms with E-state index < -0.39 is 23.5 Å². The molecule has 148 valence electrons. The first-order valence-corrected chi connectivity index (χ1v) is 9.52. The Bertz CT molecular complexity index is 738. The number of hydrogen-bond acceptors (Lipinski definition) is 4. The highest BCUT2D eigenvalue weighted by molar-refractivity contribution is 5.71. The molecule has 0 spiro atoms. The van der Waals surface area contributed by atoms with Crippen LogP contribution in [0.5, 0.6) is 5.75 Å². The highest BCUT2D eigenvalue weighted by Gasteiger charge is 2.52. The van der Waals surface area contributed by atoms with Crippen molar-refractivity contribution in [1.29, 1.82) is 0 Å². The molecule has 2 N–H and O–H groups in total. The Hall–Kier alpha value is -2.08. The molecule has 0 aromatic heterocycles. The quantitative estimate of drug-likeness (QED) is 0.814. The molecule has 6 heteroatoms. The molecule has 0 aliphatic carbocycles. The van der Waals surface area contributed by atoms with E-state index in [4.69, 9.17) is 14.6 Å². The van der Waals surface area contributed by atoms with Crippen LogP contribution < -0.4 is 4.74 Å². The molecule has 1 aromatic rings. The zero-order chi connectivity index (χ0) is 19.9. The van der Waals surface area contributed by atoms with Gasteiger partial charge in [-0.1, -0.05) is 19.9 Å². The van der Waals surface area contributed by atoms with E-state index in [1.165, 1.54) is 0 Å². The van der Waals surface area contributed by atoms with Crippen LogP contribution in [-0.4, -0.2) is 33.9 Å². The van der Waals surface area contributed by atoms with Gasteiger partial charge in [0.15, 0.2) is 0 Å². The van der Waals surface area contributed by atoms with E-state index in [2.05, 4.69) is 0 Å². The van der Waals surface area contributed by atoms with Crippen LogP contribution in [0.4, 0.5) is 0 Å². The third-order valence-corrected chi connectivity index (χ3v) is 5.82. The number of carbonyl (C=O) groups is 2. The number of rotatable bonds is 5. The van der Waals surface area contributed by atoms with Crippen LogP contribution in [0.1, 0.15) is 57.8 Å². The smallest absolute Gasteiger partial charge is 0.309 e. The van der Waals surface area contributed by atoms with Crippen molar-refractivity contribution in [2.24, 2.45) is 17.8 Å². The maximum absolute atomic E-state index is 11.8. The maximum Gasteiger partial charge on any atom is 0.309 e. The monoisotopic (exact) mass is 376 g/mol. The van der Waals surface area contributed by atoms with Gasteiger partial charge in [0, 0.05) is 17.9 Å². The van der Waals surface area contributed by atoms with Crippen molar-refractivity contribution in [2.45, 2.75) is 64.8 Å². The van der Waals surface area contributed by atoms with Crippen molar-refractivity contribution < 1.29 is 29.3 Å². The lowest BCUT2D eigenvalue weighted by molar-refractivity contribution is -0.195. The SMILES string of the molecule is CC(C)[C@H]1O[C@H]2c3cc(CCC(=O)O)ccc3OC(C)(C)[C@@H]2C[C@@H]1C(=O)O. The summed E-state index contributed by atoms with van der Waals surface area (Å²) in [4.78, 5) is 22.7. The number of fused-ring (bicyclic) bond motifs is 3. The Labute approximate surface area is 159 Å². The number of benzene rings is 1. The molecule has 0 saturated carbocycles. The lowest BCUT2D eigenvalue weighted by atomic mass is 9.70. The third kappa shape index (κ3) is 3.81. The van der Waals surface area contributed by atoms with Gasteiger partial charge in [0.05, 0.1) is 18.1 Å². The van der Waals surface area contributed by atoms with Crippen LogP contribution in [0.3, 0.4) is 0 Å². The van der Waals surface area contributed by atoms with Crippen LogP contribution in [0.2, 0.25) is 0 Å². The number of hydrogen-bond donors (Lipinski definition) is 2. The summed E-state index contributed by atoms with van der Waals surface area (Å²) in [6.07, 6.45) is 0.379. The third-order valence-electron chi connectivity index (χ3n) is 5.82. The average Bonchev–Trinajstić information content (AvgIpc) is 2.58. The van der Waals surface area contributed by atoms with Crippen molar-refractivity contribution in [1.82, 2.24) is 0 Å². The van der Waals surface area contributed by atoms with Gasteiger partial charge in [-0.05, 0) is 50.3 Å². The summed E-state index contributed by atoms with van der Waals surface area (Å²) in [7, 11) is 0. The summed E-state index contributed by atoms with van der Waals surface area (Å²) in [5, 5.41) is 18.6. The summed E-state index contributed by atoms with van der Waals surface area (Å²) in [6.45, 7) is 7.92. The van der Waals surface area contributed by atoms with Gasteiger partial charge < -0.3 is 19.7 Å². The zero-order valence-electron chi connectivity index (χ0n) is 16.3. The van der Waals surface area contributed by atoms with Crippen molar-refractivity contribution >= 4 is 11.9 Å². The molecular weight excluding hydrogens is 348 g/mol. The van der Waals surface area contributed by atoms with Crippen LogP contribution in [0.25, 0.3) is 0 Å². The van der Waals surface area contributed by atoms with Crippen molar-refractivity contribution in [3.05, 3.63) is 29.3 Å². The molecule has 1 saturated heterocycles. The first-order valence-electron chi connectivity index (χ1n) is 9.52. The minimum atomic E-state index is -0.832. The number of ether oxygens (including phenoxy) is 2. The van der Waals surface area contributed by atoms with Gasteiger partial charge in [0.2, 0.25) is 0 Å². The number of carboxylic acid groups (broad SMARTS) is 2. The molecule has 0 radical (unpaired) electrons. The Morgan fingerprint density at radius 1 is 1.26 bits per heavy atom. The van der Waals surface area contributed by atoms with Crippen LogP contribution in [0, 0.1) is 17.8 Å².